The second-order valence-corrected chi connectivity index (χ2v) is 8.81. The number of benzene rings is 2. The minimum absolute atomic E-state index is 0.00755. The van der Waals surface area contributed by atoms with Gasteiger partial charge in [0.1, 0.15) is 11.9 Å². The lowest BCUT2D eigenvalue weighted by Crippen LogP contribution is -2.41. The molecule has 38 heavy (non-hydrogen) atoms. The highest BCUT2D eigenvalue weighted by Crippen LogP contribution is 2.27. The molecule has 3 rings (SSSR count). The Morgan fingerprint density at radius 1 is 1.16 bits per heavy atom. The van der Waals surface area contributed by atoms with Gasteiger partial charge in [0.25, 0.3) is 0 Å². The number of aliphatic imine (C=N–C) groups is 1. The number of amides is 2. The van der Waals surface area contributed by atoms with E-state index in [0.717, 1.165) is 0 Å². The number of halogens is 1. The second-order valence-electron chi connectivity index (χ2n) is 8.81. The van der Waals surface area contributed by atoms with Gasteiger partial charge in [0, 0.05) is 12.1 Å². The van der Waals surface area contributed by atoms with Crippen molar-refractivity contribution in [3.05, 3.63) is 53.3 Å². The van der Waals surface area contributed by atoms with E-state index in [0.29, 0.717) is 23.5 Å². The molecule has 0 bridgehead atoms. The molecule has 0 spiro atoms. The number of methoxy groups -OCH3 is 2. The van der Waals surface area contributed by atoms with Gasteiger partial charge in [-0.25, -0.2) is 9.38 Å². The number of hydrogen-bond donors (Lipinski definition) is 4. The predicted octanol–water partition coefficient (Wildman–Crippen LogP) is 1.73. The van der Waals surface area contributed by atoms with E-state index in [9.17, 15) is 14.0 Å². The number of aromatic nitrogens is 4. The smallest absolute Gasteiger partial charge is 0.245 e. The van der Waals surface area contributed by atoms with Crippen molar-refractivity contribution in [2.24, 2.45) is 16.6 Å². The zero-order valence-corrected chi connectivity index (χ0v) is 21.6. The fraction of sp³-hybridized carbons (Fsp3) is 0.360. The van der Waals surface area contributed by atoms with Crippen LogP contribution < -0.4 is 25.8 Å². The molecular weight excluding hydrogens is 495 g/mol. The van der Waals surface area contributed by atoms with Crippen molar-refractivity contribution in [2.75, 3.05) is 14.2 Å². The molecule has 1 heterocycles. The first-order valence-corrected chi connectivity index (χ1v) is 11.8. The molecule has 3 aromatic rings. The van der Waals surface area contributed by atoms with E-state index in [1.165, 1.54) is 20.3 Å². The molecule has 13 heteroatoms. The number of H-pyrrole nitrogens is 1. The topological polar surface area (TPSA) is 169 Å². The molecule has 1 aromatic heterocycles. The largest absolute Gasteiger partial charge is 0.493 e. The van der Waals surface area contributed by atoms with Gasteiger partial charge in [-0.2, -0.15) is 5.21 Å². The molecule has 0 saturated heterocycles. The first-order valence-electron chi connectivity index (χ1n) is 11.8. The quantitative estimate of drug-likeness (QED) is 0.216. The molecule has 2 amide bonds. The van der Waals surface area contributed by atoms with Crippen molar-refractivity contribution in [3.63, 3.8) is 0 Å². The van der Waals surface area contributed by atoms with Gasteiger partial charge < -0.3 is 20.5 Å². The van der Waals surface area contributed by atoms with Crippen LogP contribution >= 0.6 is 0 Å². The van der Waals surface area contributed by atoms with Crippen LogP contribution in [-0.2, 0) is 22.6 Å². The Morgan fingerprint density at radius 2 is 1.92 bits per heavy atom. The van der Waals surface area contributed by atoms with E-state index in [2.05, 4.69) is 36.3 Å². The number of guanidine groups is 1. The summed E-state index contributed by atoms with van der Waals surface area (Å²) in [6.45, 7) is 3.76. The summed E-state index contributed by atoms with van der Waals surface area (Å²) in [5.74, 6) is -0.393. The summed E-state index contributed by atoms with van der Waals surface area (Å²) in [5, 5.41) is 18.5. The number of nitrogens with one attached hydrogen (secondary N) is 3. The van der Waals surface area contributed by atoms with E-state index >= 15 is 0 Å². The summed E-state index contributed by atoms with van der Waals surface area (Å²) in [7, 11) is 3.03. The number of ether oxygens (including phenoxy) is 2. The molecule has 12 nitrogen and oxygen atoms in total. The molecule has 5 N–H and O–H groups in total. The van der Waals surface area contributed by atoms with Crippen LogP contribution in [0.2, 0.25) is 0 Å². The first-order chi connectivity index (χ1) is 18.2. The molecular formula is C25H31FN8O4. The minimum atomic E-state index is -0.889. The standard InChI is InChI=1S/C25H31FN8O4/c1-14(2)10-18(24(36)28-13-16-6-5-7-17(22(16)26)23-31-33-34-32-23)29-25(27)30-21(35)12-15-8-9-19(37-3)20(11-15)38-4/h5-9,11,14,18H,10,12-13H2,1-4H3,(H,28,36)(H3,27,29,30,35)(H,31,32,33,34)/t18-/m1/s1. The monoisotopic (exact) mass is 526 g/mol. The van der Waals surface area contributed by atoms with Crippen molar-refractivity contribution in [3.8, 4) is 22.9 Å². The van der Waals surface area contributed by atoms with E-state index in [1.807, 2.05) is 13.8 Å². The Hall–Kier alpha value is -4.55. The van der Waals surface area contributed by atoms with Crippen LogP contribution in [0, 0.1) is 11.7 Å². The highest BCUT2D eigenvalue weighted by Gasteiger charge is 2.21. The summed E-state index contributed by atoms with van der Waals surface area (Å²) >= 11 is 0. The van der Waals surface area contributed by atoms with Crippen LogP contribution in [0.15, 0.2) is 41.4 Å². The number of carbonyl (C=O) groups is 2. The maximum Gasteiger partial charge on any atom is 0.245 e. The van der Waals surface area contributed by atoms with Crippen LogP contribution in [0.1, 0.15) is 31.4 Å². The fourth-order valence-electron chi connectivity index (χ4n) is 3.69. The summed E-state index contributed by atoms with van der Waals surface area (Å²) in [6, 6.07) is 8.92. The molecule has 0 saturated carbocycles. The number of carbonyl (C=O) groups excluding carboxylic acids is 2. The van der Waals surface area contributed by atoms with Crippen LogP contribution in [0.25, 0.3) is 11.4 Å². The number of tetrazole rings is 1. The fourth-order valence-corrected chi connectivity index (χ4v) is 3.69. The molecule has 0 aliphatic carbocycles. The normalized spacial score (nSPS) is 12.2. The van der Waals surface area contributed by atoms with Crippen molar-refractivity contribution in [2.45, 2.75) is 39.3 Å². The number of nitrogens with two attached hydrogens (primary N) is 1. The number of rotatable bonds is 11. The van der Waals surface area contributed by atoms with Crippen molar-refractivity contribution < 1.29 is 23.5 Å². The predicted molar refractivity (Wildman–Crippen MR) is 138 cm³/mol. The average molecular weight is 527 g/mol. The number of aromatic amines is 1. The van der Waals surface area contributed by atoms with Gasteiger partial charge in [-0.05, 0) is 41.3 Å². The van der Waals surface area contributed by atoms with Crippen LogP contribution in [0.3, 0.4) is 0 Å². The van der Waals surface area contributed by atoms with Gasteiger partial charge >= 0.3 is 0 Å². The van der Waals surface area contributed by atoms with E-state index in [1.54, 1.807) is 30.3 Å². The third-order valence-corrected chi connectivity index (χ3v) is 5.49. The zero-order chi connectivity index (χ0) is 27.7. The maximum atomic E-state index is 14.9. The average Bonchev–Trinajstić information content (AvgIpc) is 3.41. The summed E-state index contributed by atoms with van der Waals surface area (Å²) in [6.07, 6.45) is 0.372. The SMILES string of the molecule is COc1ccc(CC(=O)NC(N)=N[C@H](CC(C)C)C(=O)NCc2cccc(-c3nn[nH]n3)c2F)cc1OC. The lowest BCUT2D eigenvalue weighted by atomic mass is 10.0. The Kier molecular flexibility index (Phi) is 9.68. The molecule has 0 unspecified atom stereocenters. The van der Waals surface area contributed by atoms with Gasteiger partial charge in [0.2, 0.25) is 17.6 Å². The first kappa shape index (κ1) is 28.0. The second kappa shape index (κ2) is 13.1. The van der Waals surface area contributed by atoms with Crippen LogP contribution in [0.5, 0.6) is 11.5 Å². The highest BCUT2D eigenvalue weighted by molar-refractivity contribution is 5.98. The van der Waals surface area contributed by atoms with Crippen molar-refractivity contribution in [1.82, 2.24) is 31.3 Å². The zero-order valence-electron chi connectivity index (χ0n) is 21.6. The molecule has 0 aliphatic heterocycles. The molecule has 0 fully saturated rings. The molecule has 202 valence electrons. The lowest BCUT2D eigenvalue weighted by Gasteiger charge is -2.17. The van der Waals surface area contributed by atoms with Gasteiger partial charge in [0.15, 0.2) is 17.5 Å². The van der Waals surface area contributed by atoms with Gasteiger partial charge in [-0.1, -0.05) is 32.0 Å². The summed E-state index contributed by atoms with van der Waals surface area (Å²) in [4.78, 5) is 29.7. The van der Waals surface area contributed by atoms with Crippen molar-refractivity contribution >= 4 is 17.8 Å². The van der Waals surface area contributed by atoms with E-state index in [4.69, 9.17) is 15.2 Å². The number of nitrogens with zero attached hydrogens (tertiary/aromatic N) is 4. The van der Waals surface area contributed by atoms with E-state index < -0.39 is 23.7 Å². The Morgan fingerprint density at radius 3 is 2.58 bits per heavy atom. The van der Waals surface area contributed by atoms with Crippen molar-refractivity contribution in [1.29, 1.82) is 0 Å². The minimum Gasteiger partial charge on any atom is -0.493 e. The molecule has 0 radical (unpaired) electrons. The van der Waals surface area contributed by atoms with Gasteiger partial charge in [-0.3, -0.25) is 14.9 Å². The summed E-state index contributed by atoms with van der Waals surface area (Å²) < 4.78 is 25.4. The van der Waals surface area contributed by atoms with Gasteiger partial charge in [0.05, 0.1) is 26.2 Å². The number of hydrogen-bond acceptors (Lipinski definition) is 8. The third-order valence-electron chi connectivity index (χ3n) is 5.49. The maximum absolute atomic E-state index is 14.9. The molecule has 0 aliphatic rings. The summed E-state index contributed by atoms with van der Waals surface area (Å²) in [5.41, 5.74) is 7.03. The Balaban J connectivity index is 1.65. The highest BCUT2D eigenvalue weighted by atomic mass is 19.1. The van der Waals surface area contributed by atoms with Crippen LogP contribution in [0.4, 0.5) is 4.39 Å². The Bertz CT molecular complexity index is 1280. The van der Waals surface area contributed by atoms with Gasteiger partial charge in [-0.15, -0.1) is 10.2 Å². The Labute approximate surface area is 219 Å². The third kappa shape index (κ3) is 7.48. The van der Waals surface area contributed by atoms with Crippen LogP contribution in [-0.4, -0.2) is 58.7 Å². The van der Waals surface area contributed by atoms with E-state index in [-0.39, 0.29) is 41.8 Å². The molecule has 2 aromatic carbocycles. The molecule has 1 atom stereocenters. The lowest BCUT2D eigenvalue weighted by molar-refractivity contribution is -0.123.